The summed E-state index contributed by atoms with van der Waals surface area (Å²) < 4.78 is 5.06. The molecule has 1 amide bonds. The number of ketones is 1. The third-order valence-electron chi connectivity index (χ3n) is 2.66. The molecule has 0 aliphatic carbocycles. The lowest BCUT2D eigenvalue weighted by Crippen LogP contribution is -2.16. The number of nitrogens with one attached hydrogen (secondary N) is 1. The molecule has 0 saturated heterocycles. The summed E-state index contributed by atoms with van der Waals surface area (Å²) in [6.07, 6.45) is 2.80. The number of nitrogens with zero attached hydrogens (tertiary/aromatic N) is 1. The van der Waals surface area contributed by atoms with E-state index in [0.29, 0.717) is 17.0 Å². The highest BCUT2D eigenvalue weighted by molar-refractivity contribution is 6.10. The molecule has 1 heterocycles. The molecule has 0 aliphatic heterocycles. The lowest BCUT2D eigenvalue weighted by molar-refractivity contribution is -0.115. The molecule has 0 bridgehead atoms. The normalized spacial score (nSPS) is 9.85. The van der Waals surface area contributed by atoms with Crippen molar-refractivity contribution in [1.82, 2.24) is 4.98 Å². The van der Waals surface area contributed by atoms with Crippen LogP contribution in [-0.4, -0.2) is 23.8 Å². The van der Waals surface area contributed by atoms with E-state index in [0.717, 1.165) is 0 Å². The van der Waals surface area contributed by atoms with Crippen molar-refractivity contribution in [2.45, 2.75) is 6.42 Å². The molecule has 0 spiro atoms. The molecule has 5 heteroatoms. The first-order valence-corrected chi connectivity index (χ1v) is 6.06. The Kier molecular flexibility index (Phi) is 4.44. The zero-order chi connectivity index (χ0) is 14.4. The van der Waals surface area contributed by atoms with Crippen LogP contribution in [0, 0.1) is 0 Å². The number of carbonyl (C=O) groups is 2. The summed E-state index contributed by atoms with van der Waals surface area (Å²) in [7, 11) is 1.55. The van der Waals surface area contributed by atoms with Gasteiger partial charge >= 0.3 is 0 Å². The molecule has 2 rings (SSSR count). The van der Waals surface area contributed by atoms with E-state index in [1.165, 1.54) is 6.20 Å². The van der Waals surface area contributed by atoms with Crippen molar-refractivity contribution in [3.05, 3.63) is 54.4 Å². The van der Waals surface area contributed by atoms with Crippen molar-refractivity contribution in [1.29, 1.82) is 0 Å². The summed E-state index contributed by atoms with van der Waals surface area (Å²) in [6, 6.07) is 10.2. The van der Waals surface area contributed by atoms with E-state index in [4.69, 9.17) is 4.74 Å². The molecule has 0 unspecified atom stereocenters. The van der Waals surface area contributed by atoms with Crippen molar-refractivity contribution >= 4 is 17.4 Å². The average molecular weight is 270 g/mol. The SMILES string of the molecule is COc1cccc(NC(=O)CC(=O)c2cccnc2)c1. The van der Waals surface area contributed by atoms with Gasteiger partial charge in [0, 0.05) is 29.7 Å². The molecular weight excluding hydrogens is 256 g/mol. The molecule has 0 fully saturated rings. The molecule has 0 radical (unpaired) electrons. The van der Waals surface area contributed by atoms with E-state index in [1.54, 1.807) is 49.7 Å². The zero-order valence-electron chi connectivity index (χ0n) is 11.0. The van der Waals surface area contributed by atoms with Crippen molar-refractivity contribution in [2.75, 3.05) is 12.4 Å². The van der Waals surface area contributed by atoms with Gasteiger partial charge in [-0.3, -0.25) is 14.6 Å². The van der Waals surface area contributed by atoms with Gasteiger partial charge in [-0.2, -0.15) is 0 Å². The number of amides is 1. The molecule has 5 nitrogen and oxygen atoms in total. The number of methoxy groups -OCH3 is 1. The number of ether oxygens (including phenoxy) is 1. The highest BCUT2D eigenvalue weighted by atomic mass is 16.5. The van der Waals surface area contributed by atoms with E-state index in [9.17, 15) is 9.59 Å². The van der Waals surface area contributed by atoms with Gasteiger partial charge in [-0.15, -0.1) is 0 Å². The predicted octanol–water partition coefficient (Wildman–Crippen LogP) is 2.30. The first-order chi connectivity index (χ1) is 9.69. The van der Waals surface area contributed by atoms with Crippen molar-refractivity contribution in [2.24, 2.45) is 0 Å². The Morgan fingerprint density at radius 1 is 1.25 bits per heavy atom. The smallest absolute Gasteiger partial charge is 0.232 e. The molecule has 102 valence electrons. The maximum absolute atomic E-state index is 11.8. The summed E-state index contributed by atoms with van der Waals surface area (Å²) in [4.78, 5) is 27.5. The maximum atomic E-state index is 11.8. The van der Waals surface area contributed by atoms with Gasteiger partial charge in [0.1, 0.15) is 5.75 Å². The number of hydrogen-bond donors (Lipinski definition) is 1. The van der Waals surface area contributed by atoms with Crippen LogP contribution in [0.25, 0.3) is 0 Å². The van der Waals surface area contributed by atoms with E-state index >= 15 is 0 Å². The molecule has 0 atom stereocenters. The van der Waals surface area contributed by atoms with Crippen LogP contribution in [0.3, 0.4) is 0 Å². The first-order valence-electron chi connectivity index (χ1n) is 6.06. The lowest BCUT2D eigenvalue weighted by Gasteiger charge is -2.06. The monoisotopic (exact) mass is 270 g/mol. The number of pyridine rings is 1. The van der Waals surface area contributed by atoms with Gasteiger partial charge in [0.2, 0.25) is 5.91 Å². The Labute approximate surface area is 116 Å². The minimum Gasteiger partial charge on any atom is -0.497 e. The summed E-state index contributed by atoms with van der Waals surface area (Å²) in [5, 5.41) is 2.66. The van der Waals surface area contributed by atoms with Crippen molar-refractivity contribution in [3.8, 4) is 5.75 Å². The Morgan fingerprint density at radius 3 is 2.80 bits per heavy atom. The molecule has 0 saturated carbocycles. The van der Waals surface area contributed by atoms with E-state index < -0.39 is 0 Å². The van der Waals surface area contributed by atoms with Crippen LogP contribution in [0.4, 0.5) is 5.69 Å². The highest BCUT2D eigenvalue weighted by Crippen LogP contribution is 2.17. The van der Waals surface area contributed by atoms with Crippen LogP contribution in [0.15, 0.2) is 48.8 Å². The maximum Gasteiger partial charge on any atom is 0.232 e. The second kappa shape index (κ2) is 6.47. The second-order valence-electron chi connectivity index (χ2n) is 4.12. The minimum atomic E-state index is -0.368. The molecule has 1 aromatic carbocycles. The minimum absolute atomic E-state index is 0.219. The van der Waals surface area contributed by atoms with Crippen LogP contribution in [-0.2, 0) is 4.79 Å². The van der Waals surface area contributed by atoms with Crippen molar-refractivity contribution < 1.29 is 14.3 Å². The summed E-state index contributed by atoms with van der Waals surface area (Å²) in [6.45, 7) is 0. The highest BCUT2D eigenvalue weighted by Gasteiger charge is 2.12. The van der Waals surface area contributed by atoms with Crippen LogP contribution in [0.2, 0.25) is 0 Å². The molecule has 0 aliphatic rings. The number of carbonyl (C=O) groups excluding carboxylic acids is 2. The van der Waals surface area contributed by atoms with Gasteiger partial charge in [0.05, 0.1) is 13.5 Å². The van der Waals surface area contributed by atoms with Crippen LogP contribution < -0.4 is 10.1 Å². The second-order valence-corrected chi connectivity index (χ2v) is 4.12. The van der Waals surface area contributed by atoms with Gasteiger partial charge < -0.3 is 10.1 Å². The fourth-order valence-electron chi connectivity index (χ4n) is 1.68. The molecule has 1 aromatic heterocycles. The predicted molar refractivity (Wildman–Crippen MR) is 74.8 cm³/mol. The fraction of sp³-hybridized carbons (Fsp3) is 0.133. The van der Waals surface area contributed by atoms with E-state index in [2.05, 4.69) is 10.3 Å². The standard InChI is InChI=1S/C15H14N2O3/c1-20-13-6-2-5-12(8-13)17-15(19)9-14(18)11-4-3-7-16-10-11/h2-8,10H,9H2,1H3,(H,17,19). The van der Waals surface area contributed by atoms with E-state index in [1.807, 2.05) is 0 Å². The summed E-state index contributed by atoms with van der Waals surface area (Å²) in [5.41, 5.74) is 1.02. The largest absolute Gasteiger partial charge is 0.497 e. The number of anilines is 1. The van der Waals surface area contributed by atoms with Gasteiger partial charge in [-0.1, -0.05) is 6.07 Å². The zero-order valence-corrected chi connectivity index (χ0v) is 11.0. The Bertz CT molecular complexity index is 612. The summed E-state index contributed by atoms with van der Waals surface area (Å²) in [5.74, 6) is 0.00647. The quantitative estimate of drug-likeness (QED) is 0.668. The topological polar surface area (TPSA) is 68.3 Å². The number of aromatic nitrogens is 1. The Hall–Kier alpha value is -2.69. The lowest BCUT2D eigenvalue weighted by atomic mass is 10.1. The van der Waals surface area contributed by atoms with Gasteiger partial charge in [-0.05, 0) is 24.3 Å². The number of Topliss-reactive ketones (excluding diaryl/α,β-unsaturated/α-hetero) is 1. The van der Waals surface area contributed by atoms with Crippen molar-refractivity contribution in [3.63, 3.8) is 0 Å². The number of hydrogen-bond acceptors (Lipinski definition) is 4. The summed E-state index contributed by atoms with van der Waals surface area (Å²) >= 11 is 0. The number of rotatable bonds is 5. The van der Waals surface area contributed by atoms with E-state index in [-0.39, 0.29) is 18.1 Å². The van der Waals surface area contributed by atoms with Gasteiger partial charge in [0.15, 0.2) is 5.78 Å². The molecule has 1 N–H and O–H groups in total. The van der Waals surface area contributed by atoms with Crippen LogP contribution >= 0.6 is 0 Å². The number of benzene rings is 1. The Balaban J connectivity index is 1.97. The Morgan fingerprint density at radius 2 is 2.10 bits per heavy atom. The fourth-order valence-corrected chi connectivity index (χ4v) is 1.68. The first kappa shape index (κ1) is 13.7. The third-order valence-corrected chi connectivity index (χ3v) is 2.66. The third kappa shape index (κ3) is 3.65. The average Bonchev–Trinajstić information content (AvgIpc) is 2.48. The van der Waals surface area contributed by atoms with Gasteiger partial charge in [0.25, 0.3) is 0 Å². The van der Waals surface area contributed by atoms with Crippen LogP contribution in [0.5, 0.6) is 5.75 Å². The molecule has 2 aromatic rings. The molecule has 20 heavy (non-hydrogen) atoms. The van der Waals surface area contributed by atoms with Gasteiger partial charge in [-0.25, -0.2) is 0 Å². The van der Waals surface area contributed by atoms with Crippen LogP contribution in [0.1, 0.15) is 16.8 Å². The molecular formula is C15H14N2O3.